The van der Waals surface area contributed by atoms with Crippen molar-refractivity contribution in [2.45, 2.75) is 25.7 Å². The molecule has 0 radical (unpaired) electrons. The molecule has 7 heteroatoms. The summed E-state index contributed by atoms with van der Waals surface area (Å²) in [6, 6.07) is 6.83. The van der Waals surface area contributed by atoms with E-state index in [1.54, 1.807) is 45.0 Å². The second-order valence-corrected chi connectivity index (χ2v) is 6.55. The third-order valence-corrected chi connectivity index (χ3v) is 5.26. The van der Waals surface area contributed by atoms with Crippen LogP contribution in [0.2, 0.25) is 0 Å². The van der Waals surface area contributed by atoms with Gasteiger partial charge in [0.15, 0.2) is 0 Å². The second kappa shape index (κ2) is 6.71. The van der Waals surface area contributed by atoms with Crippen LogP contribution in [0, 0.1) is 12.8 Å². The molecule has 1 atom stereocenters. The maximum atomic E-state index is 12.6. The van der Waals surface area contributed by atoms with Gasteiger partial charge in [0.25, 0.3) is 0 Å². The first kappa shape index (κ1) is 16.5. The van der Waals surface area contributed by atoms with E-state index in [0.717, 1.165) is 0 Å². The zero-order chi connectivity index (χ0) is 15.3. The molecule has 1 aromatic rings. The summed E-state index contributed by atoms with van der Waals surface area (Å²) in [5.74, 6) is -0.345. The lowest BCUT2D eigenvalue weighted by Crippen LogP contribution is -2.39. The third kappa shape index (κ3) is 3.49. The van der Waals surface area contributed by atoms with E-state index in [4.69, 9.17) is 10.9 Å². The fourth-order valence-corrected chi connectivity index (χ4v) is 3.64. The van der Waals surface area contributed by atoms with Crippen molar-refractivity contribution in [2.75, 3.05) is 13.1 Å². The first-order valence-corrected chi connectivity index (χ1v) is 7.81. The molecule has 0 spiro atoms. The number of nitrogens with two attached hydrogens (primary N) is 1. The van der Waals surface area contributed by atoms with E-state index in [0.29, 0.717) is 12.1 Å². The quantitative estimate of drug-likeness (QED) is 0.359. The number of oxime groups is 1. The topological polar surface area (TPSA) is 96.0 Å². The molecular weight excluding hydrogens is 278 g/mol. The maximum absolute atomic E-state index is 12.6. The van der Waals surface area contributed by atoms with Crippen LogP contribution in [0.25, 0.3) is 0 Å². The second-order valence-electron chi connectivity index (χ2n) is 4.65. The van der Waals surface area contributed by atoms with E-state index in [1.165, 1.54) is 4.31 Å². The van der Waals surface area contributed by atoms with Crippen LogP contribution in [-0.4, -0.2) is 36.9 Å². The molecule has 1 unspecified atom stereocenters. The molecule has 0 aliphatic carbocycles. The summed E-state index contributed by atoms with van der Waals surface area (Å²) in [6.07, 6.45) is 0. The number of nitrogens with zero attached hydrogens (tertiary/aromatic N) is 2. The van der Waals surface area contributed by atoms with Gasteiger partial charge >= 0.3 is 0 Å². The Balaban J connectivity index is 3.09. The van der Waals surface area contributed by atoms with Crippen molar-refractivity contribution in [1.29, 1.82) is 0 Å². The van der Waals surface area contributed by atoms with Crippen LogP contribution >= 0.6 is 0 Å². The molecule has 0 aliphatic heterocycles. The number of aryl methyl sites for hydroxylation is 1. The Morgan fingerprint density at radius 3 is 2.55 bits per heavy atom. The summed E-state index contributed by atoms with van der Waals surface area (Å²) in [6.45, 7) is 5.72. The van der Waals surface area contributed by atoms with Gasteiger partial charge in [0.05, 0.1) is 4.90 Å². The van der Waals surface area contributed by atoms with Crippen LogP contribution in [0.15, 0.2) is 34.3 Å². The van der Waals surface area contributed by atoms with Crippen LogP contribution < -0.4 is 5.73 Å². The summed E-state index contributed by atoms with van der Waals surface area (Å²) < 4.78 is 26.6. The van der Waals surface area contributed by atoms with E-state index in [9.17, 15) is 8.42 Å². The van der Waals surface area contributed by atoms with Gasteiger partial charge in [0.2, 0.25) is 10.0 Å². The molecule has 112 valence electrons. The Morgan fingerprint density at radius 1 is 1.45 bits per heavy atom. The number of sulfonamides is 1. The van der Waals surface area contributed by atoms with Gasteiger partial charge in [-0.05, 0) is 18.6 Å². The Bertz CT molecular complexity index is 584. The van der Waals surface area contributed by atoms with Gasteiger partial charge in [-0.1, -0.05) is 37.2 Å². The molecule has 0 bridgehead atoms. The fraction of sp³-hybridized carbons (Fsp3) is 0.462. The highest BCUT2D eigenvalue weighted by atomic mass is 32.2. The fourth-order valence-electron chi connectivity index (χ4n) is 1.88. The summed E-state index contributed by atoms with van der Waals surface area (Å²) in [4.78, 5) is 0.286. The molecular formula is C13H21N3O3S. The monoisotopic (exact) mass is 299 g/mol. The Hall–Kier alpha value is -1.60. The van der Waals surface area contributed by atoms with Crippen molar-refractivity contribution in [2.24, 2.45) is 16.8 Å². The van der Waals surface area contributed by atoms with E-state index in [-0.39, 0.29) is 23.2 Å². The Labute approximate surface area is 119 Å². The highest BCUT2D eigenvalue weighted by molar-refractivity contribution is 7.89. The number of benzene rings is 1. The minimum atomic E-state index is -3.58. The van der Waals surface area contributed by atoms with E-state index >= 15 is 0 Å². The van der Waals surface area contributed by atoms with Gasteiger partial charge in [-0.3, -0.25) is 0 Å². The van der Waals surface area contributed by atoms with Gasteiger partial charge in [-0.15, -0.1) is 0 Å². The number of amidine groups is 1. The normalized spacial score (nSPS) is 14.5. The Morgan fingerprint density at radius 2 is 2.05 bits per heavy atom. The molecule has 0 saturated heterocycles. The zero-order valence-corrected chi connectivity index (χ0v) is 12.8. The van der Waals surface area contributed by atoms with Gasteiger partial charge in [-0.25, -0.2) is 8.42 Å². The molecule has 0 fully saturated rings. The predicted molar refractivity (Wildman–Crippen MR) is 78.2 cm³/mol. The van der Waals surface area contributed by atoms with Crippen LogP contribution in [0.5, 0.6) is 0 Å². The number of hydrogen-bond donors (Lipinski definition) is 2. The molecule has 0 heterocycles. The first-order valence-electron chi connectivity index (χ1n) is 6.37. The van der Waals surface area contributed by atoms with Crippen LogP contribution in [0.4, 0.5) is 0 Å². The standard InChI is InChI=1S/C13H21N3O3S/c1-4-16(9-11(3)13(14)15-17)20(18,19)12-8-6-5-7-10(12)2/h5-8,11,17H,4,9H2,1-3H3,(H2,14,15). The van der Waals surface area contributed by atoms with Crippen LogP contribution in [0.1, 0.15) is 19.4 Å². The molecule has 1 rings (SSSR count). The van der Waals surface area contributed by atoms with Crippen molar-refractivity contribution in [3.8, 4) is 0 Å². The molecule has 20 heavy (non-hydrogen) atoms. The van der Waals surface area contributed by atoms with Crippen LogP contribution in [-0.2, 0) is 10.0 Å². The van der Waals surface area contributed by atoms with Crippen LogP contribution in [0.3, 0.4) is 0 Å². The van der Waals surface area contributed by atoms with E-state index in [1.807, 2.05) is 0 Å². The highest BCUT2D eigenvalue weighted by Gasteiger charge is 2.26. The predicted octanol–water partition coefficient (Wildman–Crippen LogP) is 1.39. The molecule has 6 nitrogen and oxygen atoms in total. The summed E-state index contributed by atoms with van der Waals surface area (Å²) >= 11 is 0. The average molecular weight is 299 g/mol. The maximum Gasteiger partial charge on any atom is 0.243 e. The van der Waals surface area contributed by atoms with E-state index < -0.39 is 10.0 Å². The smallest absolute Gasteiger partial charge is 0.243 e. The Kier molecular flexibility index (Phi) is 5.52. The SMILES string of the molecule is CCN(CC(C)C(N)=NO)S(=O)(=O)c1ccccc1C. The van der Waals surface area contributed by atoms with Gasteiger partial charge in [-0.2, -0.15) is 4.31 Å². The lowest BCUT2D eigenvalue weighted by molar-refractivity contribution is 0.311. The molecule has 0 aromatic heterocycles. The van der Waals surface area contributed by atoms with Crippen molar-refractivity contribution >= 4 is 15.9 Å². The molecule has 0 saturated carbocycles. The largest absolute Gasteiger partial charge is 0.409 e. The average Bonchev–Trinajstić information content (AvgIpc) is 2.43. The van der Waals surface area contributed by atoms with Gasteiger partial charge in [0, 0.05) is 19.0 Å². The molecule has 3 N–H and O–H groups in total. The zero-order valence-electron chi connectivity index (χ0n) is 11.9. The van der Waals surface area contributed by atoms with Crippen molar-refractivity contribution in [3.63, 3.8) is 0 Å². The first-order chi connectivity index (χ1) is 9.34. The molecule has 0 aliphatic rings. The third-order valence-electron chi connectivity index (χ3n) is 3.16. The molecule has 0 amide bonds. The lowest BCUT2D eigenvalue weighted by atomic mass is 10.1. The summed E-state index contributed by atoms with van der Waals surface area (Å²) in [5.41, 5.74) is 6.21. The summed E-state index contributed by atoms with van der Waals surface area (Å²) in [7, 11) is -3.58. The van der Waals surface area contributed by atoms with Gasteiger partial charge < -0.3 is 10.9 Å². The number of rotatable bonds is 6. The summed E-state index contributed by atoms with van der Waals surface area (Å²) in [5, 5.41) is 11.6. The molecule has 1 aromatic carbocycles. The minimum Gasteiger partial charge on any atom is -0.409 e. The highest BCUT2D eigenvalue weighted by Crippen LogP contribution is 2.20. The van der Waals surface area contributed by atoms with Crippen molar-refractivity contribution in [1.82, 2.24) is 4.31 Å². The lowest BCUT2D eigenvalue weighted by Gasteiger charge is -2.24. The van der Waals surface area contributed by atoms with Crippen molar-refractivity contribution < 1.29 is 13.6 Å². The number of hydrogen-bond acceptors (Lipinski definition) is 4. The minimum absolute atomic E-state index is 0.0171. The van der Waals surface area contributed by atoms with Gasteiger partial charge in [0.1, 0.15) is 5.84 Å². The van der Waals surface area contributed by atoms with Crippen molar-refractivity contribution in [3.05, 3.63) is 29.8 Å². The van der Waals surface area contributed by atoms with E-state index in [2.05, 4.69) is 5.16 Å².